The Labute approximate surface area is 116 Å². The first-order valence-electron chi connectivity index (χ1n) is 7.41. The van der Waals surface area contributed by atoms with E-state index in [-0.39, 0.29) is 5.54 Å². The van der Waals surface area contributed by atoms with Gasteiger partial charge in [-0.25, -0.2) is 9.97 Å². The van der Waals surface area contributed by atoms with Crippen LogP contribution in [0.5, 0.6) is 0 Å². The van der Waals surface area contributed by atoms with E-state index in [9.17, 15) is 0 Å². The highest BCUT2D eigenvalue weighted by Gasteiger charge is 2.27. The SMILES string of the molecule is CCNc1nc(C)nc(NC2(C)CCCCC2)c1C. The number of hydrogen-bond donors (Lipinski definition) is 2. The Balaban J connectivity index is 2.23. The summed E-state index contributed by atoms with van der Waals surface area (Å²) in [5.74, 6) is 2.77. The lowest BCUT2D eigenvalue weighted by atomic mass is 9.83. The molecule has 0 aromatic carbocycles. The van der Waals surface area contributed by atoms with Gasteiger partial charge in [0.25, 0.3) is 0 Å². The van der Waals surface area contributed by atoms with Crippen molar-refractivity contribution in [3.8, 4) is 0 Å². The lowest BCUT2D eigenvalue weighted by Gasteiger charge is -2.35. The van der Waals surface area contributed by atoms with E-state index in [1.165, 1.54) is 32.1 Å². The van der Waals surface area contributed by atoms with E-state index >= 15 is 0 Å². The Morgan fingerprint density at radius 1 is 1.05 bits per heavy atom. The molecular formula is C15H26N4. The van der Waals surface area contributed by atoms with Gasteiger partial charge in [0.15, 0.2) is 0 Å². The zero-order valence-corrected chi connectivity index (χ0v) is 12.6. The van der Waals surface area contributed by atoms with Crippen molar-refractivity contribution >= 4 is 11.6 Å². The second-order valence-electron chi connectivity index (χ2n) is 5.87. The average Bonchev–Trinajstić information content (AvgIpc) is 2.36. The standard InChI is InChI=1S/C15H26N4/c1-5-16-13-11(2)14(18-12(3)17-13)19-15(4)9-7-6-8-10-15/h5-10H2,1-4H3,(H2,16,17,18,19). The molecule has 0 saturated heterocycles. The van der Waals surface area contributed by atoms with Gasteiger partial charge in [-0.1, -0.05) is 19.3 Å². The molecule has 0 radical (unpaired) electrons. The maximum atomic E-state index is 4.59. The van der Waals surface area contributed by atoms with Gasteiger partial charge in [0.2, 0.25) is 0 Å². The number of hydrogen-bond acceptors (Lipinski definition) is 4. The Morgan fingerprint density at radius 3 is 2.32 bits per heavy atom. The van der Waals surface area contributed by atoms with Gasteiger partial charge in [0, 0.05) is 17.6 Å². The molecule has 1 aliphatic carbocycles. The monoisotopic (exact) mass is 262 g/mol. The first kappa shape index (κ1) is 14.1. The van der Waals surface area contributed by atoms with E-state index in [1.807, 2.05) is 6.92 Å². The number of aryl methyl sites for hydroxylation is 1. The first-order valence-corrected chi connectivity index (χ1v) is 7.41. The van der Waals surface area contributed by atoms with Gasteiger partial charge in [0.05, 0.1) is 0 Å². The molecule has 0 bridgehead atoms. The summed E-state index contributed by atoms with van der Waals surface area (Å²) >= 11 is 0. The van der Waals surface area contributed by atoms with Crippen LogP contribution < -0.4 is 10.6 Å². The molecule has 4 nitrogen and oxygen atoms in total. The van der Waals surface area contributed by atoms with Crippen LogP contribution in [0.4, 0.5) is 11.6 Å². The molecule has 1 aliphatic rings. The second-order valence-corrected chi connectivity index (χ2v) is 5.87. The minimum atomic E-state index is 0.188. The molecule has 1 aromatic rings. The van der Waals surface area contributed by atoms with Crippen LogP contribution in [-0.4, -0.2) is 22.1 Å². The van der Waals surface area contributed by atoms with Crippen LogP contribution in [0.25, 0.3) is 0 Å². The highest BCUT2D eigenvalue weighted by Crippen LogP contribution is 2.32. The van der Waals surface area contributed by atoms with Crippen LogP contribution in [0.2, 0.25) is 0 Å². The maximum Gasteiger partial charge on any atom is 0.135 e. The zero-order valence-electron chi connectivity index (χ0n) is 12.6. The number of nitrogens with zero attached hydrogens (tertiary/aromatic N) is 2. The predicted molar refractivity (Wildman–Crippen MR) is 80.8 cm³/mol. The van der Waals surface area contributed by atoms with Crippen molar-refractivity contribution in [3.05, 3.63) is 11.4 Å². The lowest BCUT2D eigenvalue weighted by Crippen LogP contribution is -2.37. The molecule has 0 atom stereocenters. The molecule has 0 spiro atoms. The number of nitrogens with one attached hydrogen (secondary N) is 2. The molecule has 2 rings (SSSR count). The van der Waals surface area contributed by atoms with Gasteiger partial charge in [-0.15, -0.1) is 0 Å². The fourth-order valence-electron chi connectivity index (χ4n) is 2.83. The molecule has 0 unspecified atom stereocenters. The third-order valence-electron chi connectivity index (χ3n) is 3.98. The molecule has 0 amide bonds. The van der Waals surface area contributed by atoms with Crippen molar-refractivity contribution in [2.45, 2.75) is 65.3 Å². The Hall–Kier alpha value is -1.32. The molecule has 4 heteroatoms. The minimum absolute atomic E-state index is 0.188. The third-order valence-corrected chi connectivity index (χ3v) is 3.98. The first-order chi connectivity index (χ1) is 9.04. The quantitative estimate of drug-likeness (QED) is 0.869. The van der Waals surface area contributed by atoms with Crippen LogP contribution >= 0.6 is 0 Å². The summed E-state index contributed by atoms with van der Waals surface area (Å²) in [4.78, 5) is 9.07. The van der Waals surface area contributed by atoms with E-state index in [2.05, 4.69) is 41.4 Å². The lowest BCUT2D eigenvalue weighted by molar-refractivity contribution is 0.348. The van der Waals surface area contributed by atoms with E-state index < -0.39 is 0 Å². The molecule has 1 aromatic heterocycles. The predicted octanol–water partition coefficient (Wildman–Crippen LogP) is 3.66. The molecule has 0 aliphatic heterocycles. The van der Waals surface area contributed by atoms with Crippen molar-refractivity contribution in [1.82, 2.24) is 9.97 Å². The summed E-state index contributed by atoms with van der Waals surface area (Å²) in [6.07, 6.45) is 6.44. The number of rotatable bonds is 4. The van der Waals surface area contributed by atoms with Gasteiger partial charge in [-0.05, 0) is 40.5 Å². The van der Waals surface area contributed by atoms with Gasteiger partial charge < -0.3 is 10.6 Å². The topological polar surface area (TPSA) is 49.8 Å². The largest absolute Gasteiger partial charge is 0.370 e. The summed E-state index contributed by atoms with van der Waals surface area (Å²) in [6, 6.07) is 0. The van der Waals surface area contributed by atoms with Gasteiger partial charge in [0.1, 0.15) is 17.5 Å². The molecule has 19 heavy (non-hydrogen) atoms. The van der Waals surface area contributed by atoms with E-state index in [4.69, 9.17) is 0 Å². The van der Waals surface area contributed by atoms with Crippen LogP contribution in [0.15, 0.2) is 0 Å². The Morgan fingerprint density at radius 2 is 1.68 bits per heavy atom. The number of anilines is 2. The molecule has 2 N–H and O–H groups in total. The normalized spacial score (nSPS) is 18.1. The highest BCUT2D eigenvalue weighted by atomic mass is 15.1. The Kier molecular flexibility index (Phi) is 4.27. The van der Waals surface area contributed by atoms with Crippen LogP contribution in [0.1, 0.15) is 57.3 Å². The maximum absolute atomic E-state index is 4.59. The summed E-state index contributed by atoms with van der Waals surface area (Å²) in [7, 11) is 0. The molecule has 1 fully saturated rings. The van der Waals surface area contributed by atoms with E-state index in [0.717, 1.165) is 29.6 Å². The highest BCUT2D eigenvalue weighted by molar-refractivity contribution is 5.58. The van der Waals surface area contributed by atoms with Gasteiger partial charge >= 0.3 is 0 Å². The fourth-order valence-corrected chi connectivity index (χ4v) is 2.83. The molecular weight excluding hydrogens is 236 g/mol. The Bertz CT molecular complexity index is 436. The van der Waals surface area contributed by atoms with Crippen molar-refractivity contribution in [1.29, 1.82) is 0 Å². The van der Waals surface area contributed by atoms with Gasteiger partial charge in [-0.3, -0.25) is 0 Å². The smallest absolute Gasteiger partial charge is 0.135 e. The summed E-state index contributed by atoms with van der Waals surface area (Å²) in [6.45, 7) is 9.33. The fraction of sp³-hybridized carbons (Fsp3) is 0.733. The van der Waals surface area contributed by atoms with E-state index in [0.29, 0.717) is 0 Å². The van der Waals surface area contributed by atoms with Crippen molar-refractivity contribution in [2.75, 3.05) is 17.2 Å². The average molecular weight is 262 g/mol. The second kappa shape index (κ2) is 5.76. The third kappa shape index (κ3) is 3.37. The minimum Gasteiger partial charge on any atom is -0.370 e. The summed E-state index contributed by atoms with van der Waals surface area (Å²) in [5.41, 5.74) is 1.31. The van der Waals surface area contributed by atoms with Gasteiger partial charge in [-0.2, -0.15) is 0 Å². The van der Waals surface area contributed by atoms with Crippen LogP contribution in [-0.2, 0) is 0 Å². The van der Waals surface area contributed by atoms with Crippen LogP contribution in [0, 0.1) is 13.8 Å². The van der Waals surface area contributed by atoms with Crippen molar-refractivity contribution in [3.63, 3.8) is 0 Å². The summed E-state index contributed by atoms with van der Waals surface area (Å²) < 4.78 is 0. The van der Waals surface area contributed by atoms with E-state index in [1.54, 1.807) is 0 Å². The zero-order chi connectivity index (χ0) is 13.9. The van der Waals surface area contributed by atoms with Crippen molar-refractivity contribution in [2.24, 2.45) is 0 Å². The van der Waals surface area contributed by atoms with Crippen molar-refractivity contribution < 1.29 is 0 Å². The number of aromatic nitrogens is 2. The molecule has 106 valence electrons. The molecule has 1 saturated carbocycles. The summed E-state index contributed by atoms with van der Waals surface area (Å²) in [5, 5.41) is 6.99. The van der Waals surface area contributed by atoms with Crippen LogP contribution in [0.3, 0.4) is 0 Å². The molecule has 1 heterocycles.